The second-order valence-electron chi connectivity index (χ2n) is 10.9. The van der Waals surface area contributed by atoms with Gasteiger partial charge in [0.25, 0.3) is 0 Å². The van der Waals surface area contributed by atoms with Crippen LogP contribution in [0.3, 0.4) is 0 Å². The maximum absolute atomic E-state index is 14.0. The third-order valence-electron chi connectivity index (χ3n) is 7.59. The van der Waals surface area contributed by atoms with Gasteiger partial charge in [-0.1, -0.05) is 29.5 Å². The fraction of sp³-hybridized carbons (Fsp3) is 0.355. The maximum Gasteiger partial charge on any atom is 0.419 e. The predicted octanol–water partition coefficient (Wildman–Crippen LogP) is 6.62. The fourth-order valence-corrected chi connectivity index (χ4v) is 5.86. The molecule has 3 heterocycles. The van der Waals surface area contributed by atoms with Crippen LogP contribution in [0.1, 0.15) is 47.2 Å². The number of carbonyl (C=O) groups excluding carboxylic acids is 2. The number of amides is 1. The van der Waals surface area contributed by atoms with Crippen LogP contribution in [0.15, 0.2) is 54.6 Å². The second kappa shape index (κ2) is 11.4. The number of nitrogens with one attached hydrogen (secondary N) is 1. The number of likely N-dealkylation sites (tertiary alicyclic amines) is 1. The Morgan fingerprint density at radius 1 is 1.02 bits per heavy atom. The molecule has 2 aliphatic rings. The molecule has 0 spiro atoms. The largest absolute Gasteiger partial charge is 0.490 e. The summed E-state index contributed by atoms with van der Waals surface area (Å²) < 4.78 is 47.6. The van der Waals surface area contributed by atoms with Crippen LogP contribution in [0.4, 0.5) is 18.3 Å². The highest BCUT2D eigenvalue weighted by Crippen LogP contribution is 2.38. The van der Waals surface area contributed by atoms with Gasteiger partial charge in [-0.25, -0.2) is 9.97 Å². The van der Waals surface area contributed by atoms with Crippen molar-refractivity contribution in [2.75, 3.05) is 25.5 Å². The SMILES string of the molecule is CN1CCC(Oc2ccc(C(=O)Cc3cccc(-c4ccc5nc(NC(=O)C6CC6)sc5n4)c3)cc2C(F)(F)F)CC1. The van der Waals surface area contributed by atoms with Crippen molar-refractivity contribution in [1.82, 2.24) is 14.9 Å². The number of thiazole rings is 1. The van der Waals surface area contributed by atoms with Crippen molar-refractivity contribution >= 4 is 38.5 Å². The summed E-state index contributed by atoms with van der Waals surface area (Å²) in [7, 11) is 1.97. The molecule has 0 unspecified atom stereocenters. The molecule has 1 amide bonds. The molecular formula is C31H29F3N4O3S. The van der Waals surface area contributed by atoms with Gasteiger partial charge in [-0.05, 0) is 74.7 Å². The number of anilines is 1. The first-order chi connectivity index (χ1) is 20.1. The van der Waals surface area contributed by atoms with Crippen LogP contribution in [0.2, 0.25) is 0 Å². The maximum atomic E-state index is 14.0. The summed E-state index contributed by atoms with van der Waals surface area (Å²) in [5.74, 6) is -0.615. The quantitative estimate of drug-likeness (QED) is 0.231. The Kier molecular flexibility index (Phi) is 7.71. The summed E-state index contributed by atoms with van der Waals surface area (Å²) in [5, 5.41) is 3.35. The van der Waals surface area contributed by atoms with Crippen LogP contribution in [0.5, 0.6) is 5.75 Å². The smallest absolute Gasteiger partial charge is 0.419 e. The zero-order chi connectivity index (χ0) is 29.4. The average molecular weight is 595 g/mol. The number of nitrogens with zero attached hydrogens (tertiary/aromatic N) is 3. The van der Waals surface area contributed by atoms with Crippen molar-refractivity contribution < 1.29 is 27.5 Å². The second-order valence-corrected chi connectivity index (χ2v) is 11.9. The van der Waals surface area contributed by atoms with E-state index < -0.39 is 17.5 Å². The van der Waals surface area contributed by atoms with Gasteiger partial charge in [0.1, 0.15) is 22.2 Å². The number of carbonyl (C=O) groups is 2. The number of ether oxygens (including phenoxy) is 1. The third kappa shape index (κ3) is 6.47. The standard InChI is InChI=1S/C31H29F3N4O3S/c1-38-13-11-22(12-14-38)41-27-10-7-21(17-23(27)31(32,33)34)26(39)16-18-3-2-4-20(15-18)24-8-9-25-29(35-24)42-30(36-25)37-28(40)19-5-6-19/h2-4,7-10,15,17,19,22H,5-6,11-14,16H2,1H3,(H,36,37,40). The molecule has 6 rings (SSSR count). The Balaban J connectivity index is 1.18. The van der Waals surface area contributed by atoms with Crippen LogP contribution in [-0.2, 0) is 17.4 Å². The molecule has 7 nitrogen and oxygen atoms in total. The number of hydrogen-bond donors (Lipinski definition) is 1. The van der Waals surface area contributed by atoms with E-state index in [0.717, 1.165) is 37.6 Å². The van der Waals surface area contributed by atoms with Gasteiger partial charge in [0.05, 0.1) is 11.3 Å². The van der Waals surface area contributed by atoms with Crippen LogP contribution in [0, 0.1) is 5.92 Å². The lowest BCUT2D eigenvalue weighted by atomic mass is 9.98. The molecule has 218 valence electrons. The van der Waals surface area contributed by atoms with Crippen LogP contribution in [-0.4, -0.2) is 52.8 Å². The Labute approximate surface area is 244 Å². The minimum atomic E-state index is -4.65. The van der Waals surface area contributed by atoms with E-state index >= 15 is 0 Å². The van der Waals surface area contributed by atoms with Gasteiger partial charge in [0.15, 0.2) is 10.9 Å². The topological polar surface area (TPSA) is 84.4 Å². The van der Waals surface area contributed by atoms with Crippen LogP contribution in [0.25, 0.3) is 21.6 Å². The number of pyridine rings is 1. The molecule has 1 N–H and O–H groups in total. The summed E-state index contributed by atoms with van der Waals surface area (Å²) in [6, 6.07) is 14.4. The molecule has 4 aromatic rings. The van der Waals surface area contributed by atoms with Crippen molar-refractivity contribution in [2.45, 2.75) is 44.4 Å². The fourth-order valence-electron chi connectivity index (χ4n) is 5.02. The number of ketones is 1. The van der Waals surface area contributed by atoms with E-state index in [1.807, 2.05) is 31.3 Å². The van der Waals surface area contributed by atoms with Gasteiger partial charge < -0.3 is 15.0 Å². The molecule has 2 aromatic heterocycles. The Bertz CT molecular complexity index is 1640. The van der Waals surface area contributed by atoms with Crippen molar-refractivity contribution in [1.29, 1.82) is 0 Å². The highest BCUT2D eigenvalue weighted by Gasteiger charge is 2.36. The first-order valence-electron chi connectivity index (χ1n) is 13.9. The first kappa shape index (κ1) is 28.3. The molecule has 42 heavy (non-hydrogen) atoms. The lowest BCUT2D eigenvalue weighted by Crippen LogP contribution is -2.36. The number of benzene rings is 2. The van der Waals surface area contributed by atoms with Crippen molar-refractivity contribution in [3.63, 3.8) is 0 Å². The van der Waals surface area contributed by atoms with E-state index in [-0.39, 0.29) is 35.7 Å². The van der Waals surface area contributed by atoms with Gasteiger partial charge in [-0.3, -0.25) is 9.59 Å². The van der Waals surface area contributed by atoms with Gasteiger partial charge in [-0.15, -0.1) is 0 Å². The normalized spacial score (nSPS) is 16.5. The number of fused-ring (bicyclic) bond motifs is 1. The molecule has 1 saturated carbocycles. The lowest BCUT2D eigenvalue weighted by molar-refractivity contribution is -0.139. The summed E-state index contributed by atoms with van der Waals surface area (Å²) in [6.07, 6.45) is -1.92. The monoisotopic (exact) mass is 594 g/mol. The minimum absolute atomic E-state index is 0.0200. The summed E-state index contributed by atoms with van der Waals surface area (Å²) >= 11 is 1.29. The highest BCUT2D eigenvalue weighted by atomic mass is 32.1. The number of alkyl halides is 3. The number of halogens is 3. The van der Waals surface area contributed by atoms with Crippen molar-refractivity contribution in [3.05, 3.63) is 71.3 Å². The van der Waals surface area contributed by atoms with Gasteiger partial charge in [-0.2, -0.15) is 13.2 Å². The van der Waals surface area contributed by atoms with E-state index in [0.29, 0.717) is 39.6 Å². The molecule has 0 atom stereocenters. The Hall–Kier alpha value is -3.83. The zero-order valence-electron chi connectivity index (χ0n) is 22.9. The molecule has 2 fully saturated rings. The molecule has 1 aliphatic carbocycles. The Morgan fingerprint density at radius 3 is 2.55 bits per heavy atom. The van der Waals surface area contributed by atoms with Gasteiger partial charge in [0, 0.05) is 36.6 Å². The average Bonchev–Trinajstić information content (AvgIpc) is 3.74. The number of aromatic nitrogens is 2. The van der Waals surface area contributed by atoms with Crippen molar-refractivity contribution in [3.8, 4) is 17.0 Å². The summed E-state index contributed by atoms with van der Waals surface area (Å²) in [4.78, 5) is 37.1. The number of piperidine rings is 1. The molecule has 11 heteroatoms. The van der Waals surface area contributed by atoms with E-state index in [9.17, 15) is 22.8 Å². The van der Waals surface area contributed by atoms with E-state index in [1.54, 1.807) is 12.1 Å². The zero-order valence-corrected chi connectivity index (χ0v) is 23.7. The molecule has 1 aliphatic heterocycles. The summed E-state index contributed by atoms with van der Waals surface area (Å²) in [6.45, 7) is 1.52. The molecule has 0 bridgehead atoms. The Morgan fingerprint density at radius 2 is 1.81 bits per heavy atom. The van der Waals surface area contributed by atoms with Crippen LogP contribution < -0.4 is 10.1 Å². The number of rotatable bonds is 8. The molecule has 1 saturated heterocycles. The van der Waals surface area contributed by atoms with Crippen LogP contribution >= 0.6 is 11.3 Å². The molecular weight excluding hydrogens is 565 g/mol. The number of Topliss-reactive ketones (excluding diaryl/α,β-unsaturated/α-hetero) is 1. The highest BCUT2D eigenvalue weighted by molar-refractivity contribution is 7.22. The van der Waals surface area contributed by atoms with E-state index in [1.165, 1.54) is 23.5 Å². The summed E-state index contributed by atoms with van der Waals surface area (Å²) in [5.41, 5.74) is 1.79. The first-order valence-corrected chi connectivity index (χ1v) is 14.7. The molecule has 0 radical (unpaired) electrons. The lowest BCUT2D eigenvalue weighted by Gasteiger charge is -2.30. The van der Waals surface area contributed by atoms with E-state index in [4.69, 9.17) is 9.72 Å². The number of hydrogen-bond acceptors (Lipinski definition) is 7. The van der Waals surface area contributed by atoms with Gasteiger partial charge in [0.2, 0.25) is 5.91 Å². The minimum Gasteiger partial charge on any atom is -0.490 e. The predicted molar refractivity (Wildman–Crippen MR) is 155 cm³/mol. The molecule has 2 aromatic carbocycles. The third-order valence-corrected chi connectivity index (χ3v) is 8.47. The van der Waals surface area contributed by atoms with E-state index in [2.05, 4.69) is 15.2 Å². The van der Waals surface area contributed by atoms with Crippen molar-refractivity contribution in [2.24, 2.45) is 5.92 Å². The van der Waals surface area contributed by atoms with Gasteiger partial charge >= 0.3 is 6.18 Å².